The Morgan fingerprint density at radius 1 is 1.00 bits per heavy atom. The standard InChI is InChI=1S/C25H44N3O8P/c1-7-34-37(32,35-8-2)16-23(29)28-22-15-26(19-9-11-33-12-10-19)24(30)20(13-17(3)4)27(22)25(31)21(36-28)14-18(5)6/h17-22H,7-16H2,1-6H3/t20-,21+,22-/m0/s1. The molecule has 3 amide bonds. The van der Waals surface area contributed by atoms with E-state index >= 15 is 0 Å². The van der Waals surface area contributed by atoms with Gasteiger partial charge in [0.25, 0.3) is 11.8 Å². The Kier molecular flexibility index (Phi) is 10.6. The zero-order valence-electron chi connectivity index (χ0n) is 23.1. The number of nitrogens with zero attached hydrogens (tertiary/aromatic N) is 3. The van der Waals surface area contributed by atoms with Crippen LogP contribution in [0.5, 0.6) is 0 Å². The van der Waals surface area contributed by atoms with Crippen LogP contribution in [-0.4, -0.2) is 96.1 Å². The van der Waals surface area contributed by atoms with Crippen LogP contribution in [0.4, 0.5) is 0 Å². The van der Waals surface area contributed by atoms with E-state index in [0.717, 1.165) is 0 Å². The van der Waals surface area contributed by atoms with Crippen LogP contribution < -0.4 is 0 Å². The Morgan fingerprint density at radius 3 is 2.14 bits per heavy atom. The molecule has 11 nitrogen and oxygen atoms in total. The summed E-state index contributed by atoms with van der Waals surface area (Å²) < 4.78 is 29.4. The molecule has 0 N–H and O–H groups in total. The van der Waals surface area contributed by atoms with Crippen LogP contribution in [0.3, 0.4) is 0 Å². The van der Waals surface area contributed by atoms with E-state index in [1.54, 1.807) is 23.6 Å². The first-order chi connectivity index (χ1) is 17.5. The van der Waals surface area contributed by atoms with Crippen LogP contribution in [0.1, 0.15) is 67.2 Å². The van der Waals surface area contributed by atoms with Gasteiger partial charge in [0, 0.05) is 19.3 Å². The molecule has 3 rings (SSSR count). The third-order valence-electron chi connectivity index (χ3n) is 6.86. The number of carbonyl (C=O) groups excluding carboxylic acids is 3. The van der Waals surface area contributed by atoms with Gasteiger partial charge in [-0.1, -0.05) is 27.7 Å². The van der Waals surface area contributed by atoms with Crippen LogP contribution in [0.15, 0.2) is 0 Å². The Labute approximate surface area is 220 Å². The van der Waals surface area contributed by atoms with Crippen molar-refractivity contribution >= 4 is 25.3 Å². The van der Waals surface area contributed by atoms with Gasteiger partial charge in [-0.15, -0.1) is 0 Å². The molecule has 3 saturated heterocycles. The molecular formula is C25H44N3O8P. The zero-order valence-corrected chi connectivity index (χ0v) is 24.0. The third-order valence-corrected chi connectivity index (χ3v) is 8.83. The topological polar surface area (TPSA) is 115 Å². The van der Waals surface area contributed by atoms with E-state index in [1.807, 2.05) is 27.7 Å². The molecule has 3 aliphatic heterocycles. The maximum Gasteiger partial charge on any atom is 0.340 e. The summed E-state index contributed by atoms with van der Waals surface area (Å²) in [4.78, 5) is 50.6. The Balaban J connectivity index is 2.00. The number of ether oxygens (including phenoxy) is 1. The molecule has 3 atom stereocenters. The third kappa shape index (κ3) is 7.12. The highest BCUT2D eigenvalue weighted by Gasteiger charge is 2.54. The van der Waals surface area contributed by atoms with E-state index in [0.29, 0.717) is 38.9 Å². The Morgan fingerprint density at radius 2 is 1.59 bits per heavy atom. The number of piperazine rings is 1. The van der Waals surface area contributed by atoms with Gasteiger partial charge in [-0.3, -0.25) is 23.8 Å². The minimum atomic E-state index is -3.72. The molecule has 37 heavy (non-hydrogen) atoms. The molecule has 3 aliphatic rings. The van der Waals surface area contributed by atoms with E-state index in [4.69, 9.17) is 18.6 Å². The lowest BCUT2D eigenvalue weighted by molar-refractivity contribution is -0.277. The molecule has 3 heterocycles. The normalized spacial score (nSPS) is 25.8. The highest BCUT2D eigenvalue weighted by Crippen LogP contribution is 2.48. The largest absolute Gasteiger partial charge is 0.381 e. The second kappa shape index (κ2) is 13.0. The summed E-state index contributed by atoms with van der Waals surface area (Å²) in [6.45, 7) is 12.8. The van der Waals surface area contributed by atoms with Gasteiger partial charge in [-0.05, 0) is 51.4 Å². The Bertz CT molecular complexity index is 853. The molecule has 3 fully saturated rings. The lowest BCUT2D eigenvalue weighted by Crippen LogP contribution is -2.74. The molecular weight excluding hydrogens is 501 g/mol. The van der Waals surface area contributed by atoms with Crippen LogP contribution >= 0.6 is 7.60 Å². The van der Waals surface area contributed by atoms with Crippen molar-refractivity contribution in [1.82, 2.24) is 14.9 Å². The average molecular weight is 546 g/mol. The van der Waals surface area contributed by atoms with Crippen LogP contribution in [0, 0.1) is 11.8 Å². The fourth-order valence-corrected chi connectivity index (χ4v) is 6.83. The van der Waals surface area contributed by atoms with Crippen molar-refractivity contribution in [2.45, 2.75) is 91.6 Å². The summed E-state index contributed by atoms with van der Waals surface area (Å²) in [6, 6.07) is -0.759. The molecule has 0 aromatic heterocycles. The molecule has 0 aliphatic carbocycles. The molecule has 0 radical (unpaired) electrons. The van der Waals surface area contributed by atoms with Gasteiger partial charge < -0.3 is 23.6 Å². The number of rotatable bonds is 11. The minimum absolute atomic E-state index is 0.0450. The zero-order chi connectivity index (χ0) is 27.3. The van der Waals surface area contributed by atoms with Crippen molar-refractivity contribution < 1.29 is 37.6 Å². The number of fused-ring (bicyclic) bond motifs is 1. The van der Waals surface area contributed by atoms with Crippen LogP contribution in [0.25, 0.3) is 0 Å². The first-order valence-corrected chi connectivity index (χ1v) is 15.3. The van der Waals surface area contributed by atoms with Crippen molar-refractivity contribution in [2.75, 3.05) is 39.1 Å². The van der Waals surface area contributed by atoms with E-state index in [2.05, 4.69) is 0 Å². The van der Waals surface area contributed by atoms with E-state index in [1.165, 1.54) is 5.06 Å². The number of hydrogen-bond donors (Lipinski definition) is 0. The summed E-state index contributed by atoms with van der Waals surface area (Å²) in [5.41, 5.74) is 0. The summed E-state index contributed by atoms with van der Waals surface area (Å²) in [6.07, 6.45) is -0.0346. The molecule has 212 valence electrons. The van der Waals surface area contributed by atoms with Crippen molar-refractivity contribution in [3.8, 4) is 0 Å². The first kappa shape index (κ1) is 30.0. The van der Waals surface area contributed by atoms with E-state index in [-0.39, 0.29) is 49.5 Å². The fourth-order valence-electron chi connectivity index (χ4n) is 5.32. The summed E-state index contributed by atoms with van der Waals surface area (Å²) >= 11 is 0. The van der Waals surface area contributed by atoms with Gasteiger partial charge in [0.2, 0.25) is 5.91 Å². The van der Waals surface area contributed by atoms with Crippen LogP contribution in [0.2, 0.25) is 0 Å². The van der Waals surface area contributed by atoms with E-state index in [9.17, 15) is 18.9 Å². The lowest BCUT2D eigenvalue weighted by Gasteiger charge is -2.55. The van der Waals surface area contributed by atoms with Gasteiger partial charge in [0.05, 0.1) is 19.8 Å². The number of amides is 3. The van der Waals surface area contributed by atoms with Crippen molar-refractivity contribution in [3.63, 3.8) is 0 Å². The fraction of sp³-hybridized carbons (Fsp3) is 0.880. The maximum atomic E-state index is 13.8. The number of hydroxylamine groups is 2. The average Bonchev–Trinajstić information content (AvgIpc) is 2.82. The second-order valence-corrected chi connectivity index (χ2v) is 12.8. The van der Waals surface area contributed by atoms with Crippen LogP contribution in [-0.2, 0) is 37.6 Å². The quantitative estimate of drug-likeness (QED) is 0.364. The molecule has 12 heteroatoms. The van der Waals surface area contributed by atoms with Gasteiger partial charge >= 0.3 is 7.60 Å². The molecule has 0 unspecified atom stereocenters. The van der Waals surface area contributed by atoms with Crippen molar-refractivity contribution in [1.29, 1.82) is 0 Å². The predicted octanol–water partition coefficient (Wildman–Crippen LogP) is 3.03. The van der Waals surface area contributed by atoms with Gasteiger partial charge in [-0.25, -0.2) is 0 Å². The van der Waals surface area contributed by atoms with Gasteiger partial charge in [0.15, 0.2) is 12.3 Å². The molecule has 0 aromatic carbocycles. The second-order valence-electron chi connectivity index (χ2n) is 10.8. The molecule has 0 aromatic rings. The monoisotopic (exact) mass is 545 g/mol. The van der Waals surface area contributed by atoms with Crippen molar-refractivity contribution in [2.24, 2.45) is 11.8 Å². The maximum absolute atomic E-state index is 13.8. The van der Waals surface area contributed by atoms with E-state index < -0.39 is 38.0 Å². The molecule has 0 bridgehead atoms. The highest BCUT2D eigenvalue weighted by atomic mass is 31.2. The van der Waals surface area contributed by atoms with Gasteiger partial charge in [-0.2, -0.15) is 5.06 Å². The summed E-state index contributed by atoms with van der Waals surface area (Å²) in [7, 11) is -3.72. The van der Waals surface area contributed by atoms with Crippen molar-refractivity contribution in [3.05, 3.63) is 0 Å². The summed E-state index contributed by atoms with van der Waals surface area (Å²) in [5.74, 6) is -0.721. The Hall–Kier alpha value is -1.52. The smallest absolute Gasteiger partial charge is 0.340 e. The number of carbonyl (C=O) groups is 3. The highest BCUT2D eigenvalue weighted by molar-refractivity contribution is 7.54. The molecule has 0 spiro atoms. The lowest BCUT2D eigenvalue weighted by atomic mass is 9.93. The summed E-state index contributed by atoms with van der Waals surface area (Å²) in [5, 5.41) is 1.17. The molecule has 0 saturated carbocycles. The number of hydrogen-bond acceptors (Lipinski definition) is 8. The first-order valence-electron chi connectivity index (χ1n) is 13.6. The van der Waals surface area contributed by atoms with Gasteiger partial charge in [0.1, 0.15) is 12.2 Å². The predicted molar refractivity (Wildman–Crippen MR) is 136 cm³/mol. The SMILES string of the molecule is CCOP(=O)(CC(=O)N1O[C@H](CC(C)C)C(=O)N2[C@@H]1CN(C1CCOCC1)C(=O)[C@@H]2CC(C)C)OCC. The minimum Gasteiger partial charge on any atom is -0.381 e.